The molecule has 86 valence electrons. The van der Waals surface area contributed by atoms with Crippen LogP contribution in [0.2, 0.25) is 0 Å². The lowest BCUT2D eigenvalue weighted by molar-refractivity contribution is 0.252. The van der Waals surface area contributed by atoms with Gasteiger partial charge in [0, 0.05) is 12.3 Å². The van der Waals surface area contributed by atoms with Crippen LogP contribution in [0, 0.1) is 11.3 Å². The van der Waals surface area contributed by atoms with Crippen LogP contribution in [0.4, 0.5) is 5.82 Å². The largest absolute Gasteiger partial charge is 0.504 e. The van der Waals surface area contributed by atoms with Crippen molar-refractivity contribution in [1.29, 1.82) is 5.26 Å². The van der Waals surface area contributed by atoms with Crippen molar-refractivity contribution in [3.63, 3.8) is 0 Å². The van der Waals surface area contributed by atoms with Gasteiger partial charge in [-0.2, -0.15) is 5.26 Å². The minimum Gasteiger partial charge on any atom is -0.504 e. The number of nitrogens with one attached hydrogen (secondary N) is 3. The zero-order valence-corrected chi connectivity index (χ0v) is 8.62. The lowest BCUT2D eigenvalue weighted by atomic mass is 10.4. The molecule has 2 rings (SSSR count). The molecule has 0 fully saturated rings. The average Bonchev–Trinajstić information content (AvgIpc) is 2.77. The quantitative estimate of drug-likeness (QED) is 0.535. The third-order valence-corrected chi connectivity index (χ3v) is 1.81. The second-order valence-electron chi connectivity index (χ2n) is 2.98. The summed E-state index contributed by atoms with van der Waals surface area (Å²) in [4.78, 5) is 3.92. The summed E-state index contributed by atoms with van der Waals surface area (Å²) in [5.74, 6) is 0.719. The first-order chi connectivity index (χ1) is 8.29. The minimum absolute atomic E-state index is 0.00511. The fourth-order valence-corrected chi connectivity index (χ4v) is 1.10. The molecule has 0 spiro atoms. The van der Waals surface area contributed by atoms with Crippen molar-refractivity contribution in [3.8, 4) is 11.8 Å². The second-order valence-corrected chi connectivity index (χ2v) is 2.98. The normalized spacial score (nSPS) is 14.3. The van der Waals surface area contributed by atoms with Crippen LogP contribution >= 0.6 is 0 Å². The van der Waals surface area contributed by atoms with Gasteiger partial charge in [0.05, 0.1) is 6.07 Å². The molecule has 0 unspecified atom stereocenters. The zero-order valence-electron chi connectivity index (χ0n) is 8.62. The van der Waals surface area contributed by atoms with Crippen LogP contribution in [0.15, 0.2) is 35.6 Å². The highest BCUT2D eigenvalue weighted by molar-refractivity contribution is 5.93. The van der Waals surface area contributed by atoms with Gasteiger partial charge in [0.15, 0.2) is 17.4 Å². The van der Waals surface area contributed by atoms with E-state index in [0.29, 0.717) is 5.84 Å². The molecule has 0 saturated carbocycles. The Balaban J connectivity index is 2.03. The Morgan fingerprint density at radius 1 is 1.59 bits per heavy atom. The number of nitrogens with zero attached hydrogens (tertiary/aromatic N) is 4. The molecule has 0 aliphatic carbocycles. The van der Waals surface area contributed by atoms with Crippen LogP contribution in [-0.2, 0) is 0 Å². The Morgan fingerprint density at radius 3 is 3.24 bits per heavy atom. The number of allylic oxidation sites excluding steroid dienone is 1. The number of aromatic hydroxyl groups is 1. The summed E-state index contributed by atoms with van der Waals surface area (Å²) in [5, 5.41) is 23.0. The van der Waals surface area contributed by atoms with E-state index in [9.17, 15) is 5.11 Å². The van der Waals surface area contributed by atoms with Crippen LogP contribution in [0.3, 0.4) is 0 Å². The van der Waals surface area contributed by atoms with Gasteiger partial charge in [0.25, 0.3) is 0 Å². The van der Waals surface area contributed by atoms with E-state index in [1.807, 2.05) is 6.07 Å². The standard InChI is InChI=1S/C9H9N7O/c10-5-1-4-8-12-15-16(13-8)14-9-7(17)3-2-6-11-9/h1-4,6,15,17H,(H,11,14)(H,12,13). The number of pyridine rings is 1. The molecule has 4 N–H and O–H groups in total. The number of hydrogen-bond acceptors (Lipinski definition) is 8. The molecule has 0 aromatic carbocycles. The lowest BCUT2D eigenvalue weighted by Crippen LogP contribution is -2.41. The van der Waals surface area contributed by atoms with E-state index in [1.165, 1.54) is 29.6 Å². The molecule has 0 radical (unpaired) electrons. The van der Waals surface area contributed by atoms with E-state index in [1.54, 1.807) is 6.07 Å². The fraction of sp³-hybridized carbons (Fsp3) is 0. The van der Waals surface area contributed by atoms with Crippen molar-refractivity contribution < 1.29 is 5.11 Å². The van der Waals surface area contributed by atoms with Crippen molar-refractivity contribution in [2.75, 3.05) is 5.43 Å². The van der Waals surface area contributed by atoms with Gasteiger partial charge in [0.1, 0.15) is 0 Å². The molecule has 8 nitrogen and oxygen atoms in total. The van der Waals surface area contributed by atoms with E-state index >= 15 is 0 Å². The lowest BCUT2D eigenvalue weighted by Gasteiger charge is -2.14. The summed E-state index contributed by atoms with van der Waals surface area (Å²) in [6.07, 6.45) is 4.31. The SMILES string of the molecule is N#CC=CC1=NN(Nc2ncccc2O)NN1. The molecule has 0 bridgehead atoms. The van der Waals surface area contributed by atoms with Gasteiger partial charge in [0.2, 0.25) is 0 Å². The molecule has 1 aliphatic rings. The summed E-state index contributed by atoms with van der Waals surface area (Å²) in [7, 11) is 0. The number of hydrogen-bond donors (Lipinski definition) is 4. The van der Waals surface area contributed by atoms with Gasteiger partial charge in [-0.05, 0) is 18.2 Å². The number of anilines is 1. The van der Waals surface area contributed by atoms with Crippen molar-refractivity contribution in [1.82, 2.24) is 21.2 Å². The molecule has 0 amide bonds. The fourth-order valence-electron chi connectivity index (χ4n) is 1.10. The maximum atomic E-state index is 9.47. The van der Waals surface area contributed by atoms with Crippen LogP contribution in [-0.4, -0.2) is 21.2 Å². The highest BCUT2D eigenvalue weighted by atomic mass is 16.3. The Bertz CT molecular complexity index is 504. The Hall–Kier alpha value is -2.79. The van der Waals surface area contributed by atoms with Crippen molar-refractivity contribution >= 4 is 11.7 Å². The topological polar surface area (TPSA) is 109 Å². The van der Waals surface area contributed by atoms with Gasteiger partial charge >= 0.3 is 0 Å². The molecule has 0 saturated heterocycles. The van der Waals surface area contributed by atoms with E-state index < -0.39 is 0 Å². The molecule has 17 heavy (non-hydrogen) atoms. The van der Waals surface area contributed by atoms with E-state index in [2.05, 4.69) is 26.5 Å². The predicted octanol–water partition coefficient (Wildman–Crippen LogP) is -0.168. The Labute approximate surface area is 96.8 Å². The van der Waals surface area contributed by atoms with Crippen LogP contribution < -0.4 is 16.4 Å². The predicted molar refractivity (Wildman–Crippen MR) is 59.8 cm³/mol. The molecular weight excluding hydrogens is 222 g/mol. The maximum Gasteiger partial charge on any atom is 0.189 e. The highest BCUT2D eigenvalue weighted by Crippen LogP contribution is 2.18. The van der Waals surface area contributed by atoms with Gasteiger partial charge in [-0.25, -0.2) is 10.4 Å². The summed E-state index contributed by atoms with van der Waals surface area (Å²) in [6.45, 7) is 0. The summed E-state index contributed by atoms with van der Waals surface area (Å²) in [6, 6.07) is 4.96. The molecule has 2 heterocycles. The number of rotatable bonds is 3. The molecule has 1 aromatic rings. The van der Waals surface area contributed by atoms with Crippen molar-refractivity contribution in [2.24, 2.45) is 5.10 Å². The number of aromatic nitrogens is 1. The van der Waals surface area contributed by atoms with E-state index in [4.69, 9.17) is 5.26 Å². The first-order valence-electron chi connectivity index (χ1n) is 4.67. The number of nitriles is 1. The number of amidine groups is 1. The smallest absolute Gasteiger partial charge is 0.189 e. The minimum atomic E-state index is 0.00511. The summed E-state index contributed by atoms with van der Waals surface area (Å²) < 4.78 is 0. The summed E-state index contributed by atoms with van der Waals surface area (Å²) in [5.41, 5.74) is 8.06. The molecule has 8 heteroatoms. The third kappa shape index (κ3) is 2.61. The first kappa shape index (κ1) is 10.7. The Kier molecular flexibility index (Phi) is 3.04. The monoisotopic (exact) mass is 231 g/mol. The van der Waals surface area contributed by atoms with Gasteiger partial charge in [-0.1, -0.05) is 0 Å². The Morgan fingerprint density at radius 2 is 2.47 bits per heavy atom. The highest BCUT2D eigenvalue weighted by Gasteiger charge is 2.12. The number of hydrazone groups is 1. The molecule has 1 aliphatic heterocycles. The first-order valence-corrected chi connectivity index (χ1v) is 4.67. The summed E-state index contributed by atoms with van der Waals surface area (Å²) >= 11 is 0. The van der Waals surface area contributed by atoms with E-state index in [-0.39, 0.29) is 11.6 Å². The van der Waals surface area contributed by atoms with E-state index in [0.717, 1.165) is 0 Å². The van der Waals surface area contributed by atoms with Crippen LogP contribution in [0.5, 0.6) is 5.75 Å². The van der Waals surface area contributed by atoms with Gasteiger partial charge in [-0.3, -0.25) is 5.43 Å². The van der Waals surface area contributed by atoms with Crippen LogP contribution in [0.25, 0.3) is 0 Å². The molecular formula is C9H9N7O. The molecule has 0 atom stereocenters. The van der Waals surface area contributed by atoms with Crippen molar-refractivity contribution in [2.45, 2.75) is 0 Å². The third-order valence-electron chi connectivity index (χ3n) is 1.81. The van der Waals surface area contributed by atoms with Crippen molar-refractivity contribution in [3.05, 3.63) is 30.5 Å². The van der Waals surface area contributed by atoms with Gasteiger partial charge in [-0.15, -0.1) is 15.9 Å². The zero-order chi connectivity index (χ0) is 12.1. The maximum absolute atomic E-state index is 9.47. The second kappa shape index (κ2) is 4.82. The molecule has 1 aromatic heterocycles. The number of hydrazine groups is 3. The van der Waals surface area contributed by atoms with Gasteiger partial charge < -0.3 is 5.11 Å². The van der Waals surface area contributed by atoms with Crippen LogP contribution in [0.1, 0.15) is 0 Å². The average molecular weight is 231 g/mol.